The van der Waals surface area contributed by atoms with Gasteiger partial charge in [0.1, 0.15) is 6.04 Å². The van der Waals surface area contributed by atoms with Crippen molar-refractivity contribution in [2.45, 2.75) is 139 Å². The Bertz CT molecular complexity index is 1490. The Morgan fingerprint density at radius 1 is 1.10 bits per heavy atom. The summed E-state index contributed by atoms with van der Waals surface area (Å²) in [7, 11) is 0. The van der Waals surface area contributed by atoms with Gasteiger partial charge < -0.3 is 25.6 Å². The fourth-order valence-electron chi connectivity index (χ4n) is 12.6. The van der Waals surface area contributed by atoms with Crippen molar-refractivity contribution in [3.8, 4) is 0 Å². The molecule has 6 rings (SSSR count). The molecule has 0 radical (unpaired) electrons. The lowest BCUT2D eigenvalue weighted by Crippen LogP contribution is -2.70. The van der Waals surface area contributed by atoms with Crippen molar-refractivity contribution in [3.63, 3.8) is 0 Å². The van der Waals surface area contributed by atoms with Gasteiger partial charge in [-0.3, -0.25) is 4.79 Å². The fourth-order valence-corrected chi connectivity index (χ4v) is 12.6. The molecule has 1 unspecified atom stereocenters. The number of nitrogens with two attached hydrogens (primary N) is 1. The van der Waals surface area contributed by atoms with E-state index in [1.54, 1.807) is 4.80 Å². The minimum atomic E-state index is -0.633. The van der Waals surface area contributed by atoms with E-state index in [1.165, 1.54) is 5.57 Å². The number of tetrazole rings is 1. The van der Waals surface area contributed by atoms with Crippen LogP contribution >= 0.6 is 0 Å². The summed E-state index contributed by atoms with van der Waals surface area (Å²) in [5.41, 5.74) is 5.93. The van der Waals surface area contributed by atoms with Gasteiger partial charge in [0.2, 0.25) is 0 Å². The zero-order valence-corrected chi connectivity index (χ0v) is 33.9. The molecule has 4 aliphatic carbocycles. The van der Waals surface area contributed by atoms with E-state index in [0.717, 1.165) is 45.1 Å². The molecule has 1 aromatic rings. The lowest BCUT2D eigenvalue weighted by molar-refractivity contribution is -0.256. The minimum absolute atomic E-state index is 0.114. The standard InChI is InChI=1S/C41H70N6O4/c1-24(2)20-43-40(12,26(5)6)22-51-33-30(47-45-35(42)44-46-47)19-36(8)21-50-23-41(33)29-15-16-39(11)32(34(48)49)37(9,27(7)25(3)4)17-18-38(39,10)28(29)13-14-31(36)41/h15,24-28,30-33,43H,13-14,16-23H2,1-12H3,(H2,42,45)(H,48,49)/t27-,28+,30-,31-,32-,33+,36-,37-,38-,39+,40?,41+/m1/s1. The van der Waals surface area contributed by atoms with Gasteiger partial charge >= 0.3 is 5.97 Å². The first-order valence-corrected chi connectivity index (χ1v) is 20.1. The van der Waals surface area contributed by atoms with Crippen LogP contribution in [0.15, 0.2) is 11.6 Å². The third kappa shape index (κ3) is 5.73. The number of carboxylic acid groups (broad SMARTS) is 1. The average Bonchev–Trinajstić information content (AvgIpc) is 3.48. The molecule has 0 aromatic carbocycles. The molecule has 1 aromatic heterocycles. The van der Waals surface area contributed by atoms with Crippen LogP contribution in [0.1, 0.15) is 128 Å². The molecule has 0 amide bonds. The molecule has 12 atom stereocenters. The van der Waals surface area contributed by atoms with Crippen LogP contribution in [0.4, 0.5) is 5.95 Å². The van der Waals surface area contributed by atoms with Crippen LogP contribution in [0.25, 0.3) is 0 Å². The lowest BCUT2D eigenvalue weighted by Gasteiger charge is -2.71. The first-order chi connectivity index (χ1) is 23.7. The SMILES string of the molecule is CC(C)CNC(C)(CO[C@H]1[C@H](n2nnc(N)n2)C[C@]2(C)COC[C@@]13C1=CC[C@@]4(C)[C@H](C(=O)O)[C@@](C)([C@H](C)C(C)C)CC[C@]4(C)[C@H]1CC[C@H]23)C(C)C. The summed E-state index contributed by atoms with van der Waals surface area (Å²) in [5, 5.41) is 28.3. The molecule has 10 heteroatoms. The van der Waals surface area contributed by atoms with Crippen molar-refractivity contribution in [2.24, 2.45) is 68.5 Å². The predicted octanol–water partition coefficient (Wildman–Crippen LogP) is 7.43. The molecule has 5 aliphatic rings. The van der Waals surface area contributed by atoms with Gasteiger partial charge in [-0.05, 0) is 114 Å². The topological polar surface area (TPSA) is 137 Å². The first kappa shape index (κ1) is 38.7. The van der Waals surface area contributed by atoms with E-state index in [9.17, 15) is 9.90 Å². The number of aliphatic carboxylic acids is 1. The van der Waals surface area contributed by atoms with Crippen molar-refractivity contribution in [2.75, 3.05) is 32.1 Å². The monoisotopic (exact) mass is 711 g/mol. The number of nitrogens with one attached hydrogen (secondary N) is 1. The minimum Gasteiger partial charge on any atom is -0.481 e. The summed E-state index contributed by atoms with van der Waals surface area (Å²) in [6.45, 7) is 30.3. The Labute approximate surface area is 307 Å². The average molecular weight is 711 g/mol. The zero-order chi connectivity index (χ0) is 37.5. The first-order valence-electron chi connectivity index (χ1n) is 20.1. The van der Waals surface area contributed by atoms with Crippen molar-refractivity contribution < 1.29 is 19.4 Å². The van der Waals surface area contributed by atoms with Crippen LogP contribution in [-0.4, -0.2) is 69.3 Å². The van der Waals surface area contributed by atoms with Crippen LogP contribution in [0.2, 0.25) is 0 Å². The Kier molecular flexibility index (Phi) is 9.91. The number of carboxylic acids is 1. The van der Waals surface area contributed by atoms with Gasteiger partial charge in [-0.1, -0.05) is 92.9 Å². The largest absolute Gasteiger partial charge is 0.481 e. The van der Waals surface area contributed by atoms with Gasteiger partial charge in [0.05, 0.1) is 31.8 Å². The summed E-state index contributed by atoms with van der Waals surface area (Å²) in [4.78, 5) is 15.3. The number of nitrogen functional groups attached to an aromatic ring is 1. The van der Waals surface area contributed by atoms with E-state index in [1.807, 2.05) is 0 Å². The Morgan fingerprint density at radius 2 is 1.80 bits per heavy atom. The number of nitrogens with zero attached hydrogens (tertiary/aromatic N) is 4. The van der Waals surface area contributed by atoms with Crippen molar-refractivity contribution in [1.82, 2.24) is 25.5 Å². The maximum absolute atomic E-state index is 13.6. The highest BCUT2D eigenvalue weighted by molar-refractivity contribution is 5.73. The van der Waals surface area contributed by atoms with Crippen molar-refractivity contribution in [1.29, 1.82) is 0 Å². The number of allylic oxidation sites excluding steroid dienone is 1. The highest BCUT2D eigenvalue weighted by atomic mass is 16.5. The van der Waals surface area contributed by atoms with E-state index >= 15 is 0 Å². The van der Waals surface area contributed by atoms with E-state index < -0.39 is 22.7 Å². The Hall–Kier alpha value is -2.04. The molecule has 0 spiro atoms. The molecule has 51 heavy (non-hydrogen) atoms. The molecular weight excluding hydrogens is 640 g/mol. The molecule has 2 heterocycles. The fraction of sp³-hybridized carbons (Fsp3) is 0.902. The summed E-state index contributed by atoms with van der Waals surface area (Å²) < 4.78 is 14.2. The van der Waals surface area contributed by atoms with Gasteiger partial charge in [0, 0.05) is 11.0 Å². The number of carbonyl (C=O) groups is 1. The molecule has 1 saturated heterocycles. The second kappa shape index (κ2) is 13.1. The Balaban J connectivity index is 1.50. The summed E-state index contributed by atoms with van der Waals surface area (Å²) in [5.74, 6) is 1.25. The van der Waals surface area contributed by atoms with Crippen LogP contribution in [0.3, 0.4) is 0 Å². The molecule has 4 N–H and O–H groups in total. The highest BCUT2D eigenvalue weighted by Crippen LogP contribution is 2.75. The van der Waals surface area contributed by atoms with Crippen LogP contribution in [-0.2, 0) is 14.3 Å². The molecule has 1 aliphatic heterocycles. The normalized spacial score (nSPS) is 42.5. The summed E-state index contributed by atoms with van der Waals surface area (Å²) in [6, 6.07) is -0.171. The smallest absolute Gasteiger partial charge is 0.307 e. The Morgan fingerprint density at radius 3 is 2.39 bits per heavy atom. The predicted molar refractivity (Wildman–Crippen MR) is 201 cm³/mol. The van der Waals surface area contributed by atoms with Crippen LogP contribution < -0.4 is 11.1 Å². The quantitative estimate of drug-likeness (QED) is 0.200. The molecular formula is C41H70N6O4. The molecule has 288 valence electrons. The number of hydrogen-bond donors (Lipinski definition) is 3. The highest BCUT2D eigenvalue weighted by Gasteiger charge is 2.73. The summed E-state index contributed by atoms with van der Waals surface area (Å²) >= 11 is 0. The van der Waals surface area contributed by atoms with Crippen LogP contribution in [0, 0.1) is 68.5 Å². The second-order valence-electron chi connectivity index (χ2n) is 20.2. The summed E-state index contributed by atoms with van der Waals surface area (Å²) in [6.07, 6.45) is 7.85. The third-order valence-corrected chi connectivity index (χ3v) is 16.5. The van der Waals surface area contributed by atoms with E-state index in [2.05, 4.69) is 110 Å². The lowest BCUT2D eigenvalue weighted by atomic mass is 9.34. The van der Waals surface area contributed by atoms with Crippen LogP contribution in [0.5, 0.6) is 0 Å². The number of anilines is 1. The molecule has 4 fully saturated rings. The molecule has 3 saturated carbocycles. The van der Waals surface area contributed by atoms with Gasteiger partial charge in [-0.25, -0.2) is 0 Å². The van der Waals surface area contributed by atoms with Crippen molar-refractivity contribution in [3.05, 3.63) is 11.6 Å². The van der Waals surface area contributed by atoms with Crippen molar-refractivity contribution >= 4 is 11.9 Å². The van der Waals surface area contributed by atoms with E-state index in [4.69, 9.17) is 15.2 Å². The molecule has 10 nitrogen and oxygen atoms in total. The van der Waals surface area contributed by atoms with Gasteiger partial charge in [0.25, 0.3) is 5.95 Å². The second-order valence-corrected chi connectivity index (χ2v) is 20.2. The number of hydrogen-bond acceptors (Lipinski definition) is 8. The number of rotatable bonds is 11. The van der Waals surface area contributed by atoms with Gasteiger partial charge in [0.15, 0.2) is 0 Å². The number of fused-ring (bicyclic) bond motifs is 3. The maximum atomic E-state index is 13.6. The third-order valence-electron chi connectivity index (χ3n) is 16.5. The zero-order valence-electron chi connectivity index (χ0n) is 33.9. The van der Waals surface area contributed by atoms with Gasteiger partial charge in [-0.15, -0.1) is 5.10 Å². The van der Waals surface area contributed by atoms with E-state index in [0.29, 0.717) is 49.4 Å². The number of aromatic nitrogens is 4. The number of ether oxygens (including phenoxy) is 2. The van der Waals surface area contributed by atoms with Gasteiger partial charge in [-0.2, -0.15) is 4.80 Å². The van der Waals surface area contributed by atoms with E-state index in [-0.39, 0.29) is 45.8 Å². The molecule has 2 bridgehead atoms. The maximum Gasteiger partial charge on any atom is 0.307 e.